The van der Waals surface area contributed by atoms with Crippen LogP contribution in [0.5, 0.6) is 0 Å². The molecule has 0 heterocycles. The van der Waals surface area contributed by atoms with Crippen LogP contribution in [0.1, 0.15) is 11.1 Å². The molecule has 2 aromatic carbocycles. The lowest BCUT2D eigenvalue weighted by Gasteiger charge is -2.21. The van der Waals surface area contributed by atoms with Crippen LogP contribution in [0.4, 0.5) is 20.2 Å². The summed E-state index contributed by atoms with van der Waals surface area (Å²) < 4.78 is 28.3. The molecule has 0 saturated carbocycles. The maximum Gasteiger partial charge on any atom is 0.150 e. The van der Waals surface area contributed by atoms with Crippen LogP contribution in [0.15, 0.2) is 36.4 Å². The molecule has 0 aliphatic rings. The van der Waals surface area contributed by atoms with E-state index in [0.29, 0.717) is 12.1 Å². The lowest BCUT2D eigenvalue weighted by atomic mass is 10.1. The minimum absolute atomic E-state index is 0.0336. The third-order valence-corrected chi connectivity index (χ3v) is 3.21. The number of benzene rings is 2. The Balaban J connectivity index is 2.39. The van der Waals surface area contributed by atoms with E-state index in [9.17, 15) is 8.78 Å². The number of nitrogens with zero attached hydrogens (tertiary/aromatic N) is 1. The van der Waals surface area contributed by atoms with Crippen molar-refractivity contribution in [1.82, 2.24) is 5.32 Å². The number of rotatable bonds is 4. The highest BCUT2D eigenvalue weighted by Gasteiger charge is 2.16. The van der Waals surface area contributed by atoms with E-state index in [-0.39, 0.29) is 5.69 Å². The monoisotopic (exact) mass is 276 g/mol. The van der Waals surface area contributed by atoms with Crippen LogP contribution in [0.25, 0.3) is 0 Å². The third-order valence-electron chi connectivity index (χ3n) is 3.21. The first-order chi connectivity index (χ1) is 9.52. The molecule has 0 radical (unpaired) electrons. The van der Waals surface area contributed by atoms with Gasteiger partial charge in [0.15, 0.2) is 0 Å². The van der Waals surface area contributed by atoms with E-state index in [2.05, 4.69) is 5.32 Å². The zero-order valence-corrected chi connectivity index (χ0v) is 11.9. The second-order valence-electron chi connectivity index (χ2n) is 4.83. The zero-order chi connectivity index (χ0) is 14.7. The van der Waals surface area contributed by atoms with Gasteiger partial charge in [-0.15, -0.1) is 0 Å². The van der Waals surface area contributed by atoms with Crippen LogP contribution in [0, 0.1) is 18.6 Å². The molecule has 0 spiro atoms. The number of hydrogen-bond acceptors (Lipinski definition) is 2. The maximum atomic E-state index is 14.1. The van der Waals surface area contributed by atoms with Gasteiger partial charge in [-0.1, -0.05) is 17.7 Å². The molecule has 0 aliphatic heterocycles. The van der Waals surface area contributed by atoms with Gasteiger partial charge in [-0.05, 0) is 43.8 Å². The lowest BCUT2D eigenvalue weighted by Crippen LogP contribution is -2.14. The van der Waals surface area contributed by atoms with E-state index in [1.807, 2.05) is 31.2 Å². The summed E-state index contributed by atoms with van der Waals surface area (Å²) in [6.07, 6.45) is 0. The minimum atomic E-state index is -0.557. The van der Waals surface area contributed by atoms with Crippen molar-refractivity contribution >= 4 is 11.4 Å². The average molecular weight is 276 g/mol. The van der Waals surface area contributed by atoms with Gasteiger partial charge in [-0.2, -0.15) is 0 Å². The fourth-order valence-electron chi connectivity index (χ4n) is 2.14. The molecule has 0 bridgehead atoms. The summed E-state index contributed by atoms with van der Waals surface area (Å²) in [6.45, 7) is 2.40. The largest absolute Gasteiger partial charge is 0.340 e. The van der Waals surface area contributed by atoms with E-state index >= 15 is 0 Å². The molecule has 1 N–H and O–H groups in total. The Bertz CT molecular complexity index is 571. The summed E-state index contributed by atoms with van der Waals surface area (Å²) in [7, 11) is 3.39. The first-order valence-electron chi connectivity index (χ1n) is 6.46. The van der Waals surface area contributed by atoms with Crippen molar-refractivity contribution in [2.45, 2.75) is 13.5 Å². The average Bonchev–Trinajstić information content (AvgIpc) is 2.39. The van der Waals surface area contributed by atoms with Crippen molar-refractivity contribution in [2.75, 3.05) is 19.0 Å². The first kappa shape index (κ1) is 14.5. The standard InChI is InChI=1S/C16H18F2N2/c1-11-4-6-13(7-5-11)20(3)16-14(17)8-12(10-19-2)9-15(16)18/h4-9,19H,10H2,1-3H3. The maximum absolute atomic E-state index is 14.1. The molecule has 0 fully saturated rings. The summed E-state index contributed by atoms with van der Waals surface area (Å²) in [5.41, 5.74) is 2.40. The highest BCUT2D eigenvalue weighted by Crippen LogP contribution is 2.30. The number of hydrogen-bond donors (Lipinski definition) is 1. The molecular weight excluding hydrogens is 258 g/mol. The van der Waals surface area contributed by atoms with Crippen molar-refractivity contribution in [3.05, 3.63) is 59.2 Å². The third kappa shape index (κ3) is 2.96. The van der Waals surface area contributed by atoms with Crippen molar-refractivity contribution in [2.24, 2.45) is 0 Å². The van der Waals surface area contributed by atoms with E-state index in [1.54, 1.807) is 14.1 Å². The number of nitrogens with one attached hydrogen (secondary N) is 1. The predicted molar refractivity (Wildman–Crippen MR) is 78.4 cm³/mol. The Morgan fingerprint density at radius 2 is 1.60 bits per heavy atom. The number of halogens is 2. The summed E-state index contributed by atoms with van der Waals surface area (Å²) in [4.78, 5) is 1.52. The van der Waals surface area contributed by atoms with E-state index in [1.165, 1.54) is 17.0 Å². The summed E-state index contributed by atoms with van der Waals surface area (Å²) in [5, 5.41) is 2.88. The topological polar surface area (TPSA) is 15.3 Å². The first-order valence-corrected chi connectivity index (χ1v) is 6.46. The zero-order valence-electron chi connectivity index (χ0n) is 11.9. The van der Waals surface area contributed by atoms with Gasteiger partial charge in [0.1, 0.15) is 17.3 Å². The summed E-state index contributed by atoms with van der Waals surface area (Å²) in [6, 6.07) is 10.2. The Hall–Kier alpha value is -1.94. The molecule has 0 aliphatic carbocycles. The van der Waals surface area contributed by atoms with Crippen molar-refractivity contribution in [3.8, 4) is 0 Å². The van der Waals surface area contributed by atoms with Gasteiger partial charge in [0, 0.05) is 19.3 Å². The smallest absolute Gasteiger partial charge is 0.150 e. The van der Waals surface area contributed by atoms with Gasteiger partial charge in [-0.25, -0.2) is 8.78 Å². The quantitative estimate of drug-likeness (QED) is 0.914. The Kier molecular flexibility index (Phi) is 4.35. The highest BCUT2D eigenvalue weighted by molar-refractivity contribution is 5.64. The van der Waals surface area contributed by atoms with Gasteiger partial charge in [0.05, 0.1) is 0 Å². The molecule has 0 saturated heterocycles. The molecular formula is C16H18F2N2. The summed E-state index contributed by atoms with van der Waals surface area (Å²) in [5.74, 6) is -1.11. The van der Waals surface area contributed by atoms with E-state index in [0.717, 1.165) is 11.3 Å². The Morgan fingerprint density at radius 1 is 1.05 bits per heavy atom. The van der Waals surface area contributed by atoms with Gasteiger partial charge in [0.2, 0.25) is 0 Å². The fourth-order valence-corrected chi connectivity index (χ4v) is 2.14. The van der Waals surface area contributed by atoms with Crippen LogP contribution in [-0.2, 0) is 6.54 Å². The van der Waals surface area contributed by atoms with Gasteiger partial charge in [0.25, 0.3) is 0 Å². The minimum Gasteiger partial charge on any atom is -0.340 e. The molecule has 2 aromatic rings. The second kappa shape index (κ2) is 6.01. The van der Waals surface area contributed by atoms with Crippen LogP contribution >= 0.6 is 0 Å². The molecule has 0 atom stereocenters. The number of anilines is 2. The molecule has 2 rings (SSSR count). The normalized spacial score (nSPS) is 10.7. The van der Waals surface area contributed by atoms with Crippen LogP contribution in [0.2, 0.25) is 0 Å². The van der Waals surface area contributed by atoms with Crippen molar-refractivity contribution in [1.29, 1.82) is 0 Å². The predicted octanol–water partition coefficient (Wildman–Crippen LogP) is 3.76. The molecule has 4 heteroatoms. The van der Waals surface area contributed by atoms with Crippen molar-refractivity contribution < 1.29 is 8.78 Å². The molecule has 2 nitrogen and oxygen atoms in total. The van der Waals surface area contributed by atoms with Crippen LogP contribution in [-0.4, -0.2) is 14.1 Å². The van der Waals surface area contributed by atoms with Crippen LogP contribution < -0.4 is 10.2 Å². The lowest BCUT2D eigenvalue weighted by molar-refractivity contribution is 0.578. The Morgan fingerprint density at radius 3 is 2.10 bits per heavy atom. The van der Waals surface area contributed by atoms with Gasteiger partial charge >= 0.3 is 0 Å². The van der Waals surface area contributed by atoms with Crippen LogP contribution in [0.3, 0.4) is 0 Å². The molecule has 0 unspecified atom stereocenters. The summed E-state index contributed by atoms with van der Waals surface area (Å²) >= 11 is 0. The molecule has 0 amide bonds. The SMILES string of the molecule is CNCc1cc(F)c(N(C)c2ccc(C)cc2)c(F)c1. The van der Waals surface area contributed by atoms with Gasteiger partial charge < -0.3 is 10.2 Å². The van der Waals surface area contributed by atoms with E-state index in [4.69, 9.17) is 0 Å². The van der Waals surface area contributed by atoms with E-state index < -0.39 is 11.6 Å². The van der Waals surface area contributed by atoms with Gasteiger partial charge in [-0.3, -0.25) is 0 Å². The fraction of sp³-hybridized carbons (Fsp3) is 0.250. The second-order valence-corrected chi connectivity index (χ2v) is 4.83. The highest BCUT2D eigenvalue weighted by atomic mass is 19.1. The van der Waals surface area contributed by atoms with Crippen molar-refractivity contribution in [3.63, 3.8) is 0 Å². The molecule has 0 aromatic heterocycles. The molecule has 106 valence electrons. The number of aryl methyl sites for hydroxylation is 1. The Labute approximate surface area is 118 Å². The molecule has 20 heavy (non-hydrogen) atoms.